The Labute approximate surface area is 246 Å². The lowest BCUT2D eigenvalue weighted by Gasteiger charge is -2.30. The monoisotopic (exact) mass is 594 g/mol. The predicted molar refractivity (Wildman–Crippen MR) is 154 cm³/mol. The van der Waals surface area contributed by atoms with E-state index in [4.69, 9.17) is 31.5 Å². The molecule has 2 aliphatic rings. The predicted octanol–water partition coefficient (Wildman–Crippen LogP) is 5.13. The van der Waals surface area contributed by atoms with Crippen molar-refractivity contribution in [2.75, 3.05) is 26.8 Å². The van der Waals surface area contributed by atoms with Gasteiger partial charge >= 0.3 is 0 Å². The highest BCUT2D eigenvalue weighted by Crippen LogP contribution is 2.52. The number of carbonyl (C=O) groups is 1. The molecule has 42 heavy (non-hydrogen) atoms. The summed E-state index contributed by atoms with van der Waals surface area (Å²) in [5.41, 5.74) is 7.33. The zero-order valence-electron chi connectivity index (χ0n) is 23.1. The van der Waals surface area contributed by atoms with Gasteiger partial charge in [-0.25, -0.2) is 8.78 Å². The van der Waals surface area contributed by atoms with E-state index < -0.39 is 23.1 Å². The van der Waals surface area contributed by atoms with Crippen LogP contribution in [0, 0.1) is 11.6 Å². The number of amides is 1. The van der Waals surface area contributed by atoms with Crippen LogP contribution in [0.1, 0.15) is 33.6 Å². The van der Waals surface area contributed by atoms with Gasteiger partial charge in [0.05, 0.1) is 10.6 Å². The summed E-state index contributed by atoms with van der Waals surface area (Å²) in [6.45, 7) is 1.65. The van der Waals surface area contributed by atoms with E-state index in [1.165, 1.54) is 12.1 Å². The van der Waals surface area contributed by atoms with Crippen LogP contribution in [0.2, 0.25) is 5.02 Å². The van der Waals surface area contributed by atoms with E-state index in [2.05, 4.69) is 10.4 Å². The summed E-state index contributed by atoms with van der Waals surface area (Å²) < 4.78 is 51.1. The third-order valence-electron chi connectivity index (χ3n) is 7.75. The van der Waals surface area contributed by atoms with E-state index in [1.807, 2.05) is 30.3 Å². The summed E-state index contributed by atoms with van der Waals surface area (Å²) in [5.74, 6) is -2.45. The fraction of sp³-hybridized carbons (Fsp3) is 0.290. The van der Waals surface area contributed by atoms with E-state index in [0.717, 1.165) is 12.0 Å². The number of nitrogens with two attached hydrogens (primary N) is 1. The lowest BCUT2D eigenvalue weighted by Crippen LogP contribution is -2.42. The molecule has 0 saturated heterocycles. The standard InChI is InChI=1S/C31H29ClF2N4O4/c1-38-14-21-18-11-19(30(35)39)26(28(34)29(18)41-15-23(21)37-38)25-20-13-31(16-36-9-6-10-40-2,17-7-4-3-5-8-17)42-24(20)12-22(33)27(25)32/h3-5,7-8,11-12,14,36H,6,9-10,13,15-16H2,1-2H3,(H2,35,39)/t31-/m1/s1. The van der Waals surface area contributed by atoms with Gasteiger partial charge in [-0.05, 0) is 24.6 Å². The molecule has 1 amide bonds. The second-order valence-electron chi connectivity index (χ2n) is 10.5. The number of primary amides is 1. The van der Waals surface area contributed by atoms with Gasteiger partial charge in [0.2, 0.25) is 5.91 Å². The van der Waals surface area contributed by atoms with Gasteiger partial charge in [0.15, 0.2) is 17.2 Å². The Bertz CT molecular complexity index is 1690. The first-order valence-electron chi connectivity index (χ1n) is 13.5. The van der Waals surface area contributed by atoms with Crippen molar-refractivity contribution in [3.05, 3.63) is 87.7 Å². The van der Waals surface area contributed by atoms with Crippen molar-refractivity contribution in [3.8, 4) is 33.8 Å². The minimum atomic E-state index is -0.957. The summed E-state index contributed by atoms with van der Waals surface area (Å²) >= 11 is 6.60. The number of ether oxygens (including phenoxy) is 3. The third-order valence-corrected chi connectivity index (χ3v) is 8.12. The smallest absolute Gasteiger partial charge is 0.249 e. The van der Waals surface area contributed by atoms with Gasteiger partial charge in [-0.3, -0.25) is 9.48 Å². The van der Waals surface area contributed by atoms with Crippen molar-refractivity contribution < 1.29 is 27.8 Å². The first kappa shape index (κ1) is 28.1. The molecule has 6 rings (SSSR count). The van der Waals surface area contributed by atoms with E-state index in [1.54, 1.807) is 25.0 Å². The second-order valence-corrected chi connectivity index (χ2v) is 10.9. The Morgan fingerprint density at radius 2 is 2.00 bits per heavy atom. The SMILES string of the molecule is COCCCNC[C@@]1(c2ccccc2)Cc2c(cc(F)c(Cl)c2-c2c(C(N)=O)cc3c(c2F)OCc2nn(C)cc2-3)O1. The number of aryl methyl sites for hydroxylation is 1. The van der Waals surface area contributed by atoms with Crippen LogP contribution in [-0.4, -0.2) is 42.5 Å². The molecule has 4 aromatic rings. The van der Waals surface area contributed by atoms with Crippen molar-refractivity contribution in [3.63, 3.8) is 0 Å². The van der Waals surface area contributed by atoms with E-state index in [-0.39, 0.29) is 46.2 Å². The fourth-order valence-electron chi connectivity index (χ4n) is 5.85. The Morgan fingerprint density at radius 3 is 2.74 bits per heavy atom. The molecule has 2 aliphatic heterocycles. The van der Waals surface area contributed by atoms with Crippen molar-refractivity contribution in [2.45, 2.75) is 25.0 Å². The number of benzene rings is 3. The van der Waals surface area contributed by atoms with Crippen molar-refractivity contribution >= 4 is 17.5 Å². The van der Waals surface area contributed by atoms with Crippen LogP contribution in [0.3, 0.4) is 0 Å². The zero-order valence-corrected chi connectivity index (χ0v) is 23.9. The number of carbonyl (C=O) groups excluding carboxylic acids is 1. The maximum atomic E-state index is 16.6. The Balaban J connectivity index is 1.52. The molecule has 218 valence electrons. The highest BCUT2D eigenvalue weighted by Gasteiger charge is 2.44. The van der Waals surface area contributed by atoms with Crippen LogP contribution in [0.4, 0.5) is 8.78 Å². The average molecular weight is 595 g/mol. The van der Waals surface area contributed by atoms with Crippen LogP contribution in [0.25, 0.3) is 22.3 Å². The highest BCUT2D eigenvalue weighted by molar-refractivity contribution is 6.34. The fourth-order valence-corrected chi connectivity index (χ4v) is 6.12. The minimum absolute atomic E-state index is 0.0125. The molecule has 0 saturated carbocycles. The van der Waals surface area contributed by atoms with Gasteiger partial charge in [-0.1, -0.05) is 41.9 Å². The number of fused-ring (bicyclic) bond motifs is 4. The molecule has 0 radical (unpaired) electrons. The third kappa shape index (κ3) is 4.69. The number of rotatable bonds is 9. The number of hydrogen-bond donors (Lipinski definition) is 2. The van der Waals surface area contributed by atoms with Crippen molar-refractivity contribution in [1.82, 2.24) is 15.1 Å². The molecule has 3 heterocycles. The zero-order chi connectivity index (χ0) is 29.6. The molecule has 1 atom stereocenters. The number of methoxy groups -OCH3 is 1. The van der Waals surface area contributed by atoms with E-state index in [9.17, 15) is 4.79 Å². The summed E-state index contributed by atoms with van der Waals surface area (Å²) in [6, 6.07) is 12.2. The van der Waals surface area contributed by atoms with Crippen LogP contribution < -0.4 is 20.5 Å². The lowest BCUT2D eigenvalue weighted by molar-refractivity contribution is 0.0905. The maximum Gasteiger partial charge on any atom is 0.249 e. The van der Waals surface area contributed by atoms with Crippen LogP contribution in [0.5, 0.6) is 11.5 Å². The quantitative estimate of drug-likeness (QED) is 0.261. The average Bonchev–Trinajstić information content (AvgIpc) is 3.54. The normalized spacial score (nSPS) is 16.8. The highest BCUT2D eigenvalue weighted by atomic mass is 35.5. The Morgan fingerprint density at radius 1 is 1.21 bits per heavy atom. The molecular formula is C31H29ClF2N4O4. The summed E-state index contributed by atoms with van der Waals surface area (Å²) in [5, 5.41) is 7.42. The molecule has 8 nitrogen and oxygen atoms in total. The molecule has 11 heteroatoms. The molecule has 0 fully saturated rings. The topological polar surface area (TPSA) is 101 Å². The molecule has 3 aromatic carbocycles. The van der Waals surface area contributed by atoms with Gasteiger partial charge in [-0.2, -0.15) is 5.10 Å². The number of halogens is 3. The minimum Gasteiger partial charge on any atom is -0.483 e. The number of aromatic nitrogens is 2. The van der Waals surface area contributed by atoms with Gasteiger partial charge in [0.1, 0.15) is 23.9 Å². The van der Waals surface area contributed by atoms with Gasteiger partial charge in [-0.15, -0.1) is 0 Å². The van der Waals surface area contributed by atoms with Crippen LogP contribution in [-0.2, 0) is 30.4 Å². The molecule has 3 N–H and O–H groups in total. The number of nitrogens with one attached hydrogen (secondary N) is 1. The number of hydrogen-bond acceptors (Lipinski definition) is 6. The van der Waals surface area contributed by atoms with Gasteiger partial charge in [0.25, 0.3) is 0 Å². The largest absolute Gasteiger partial charge is 0.483 e. The molecule has 0 aliphatic carbocycles. The second kappa shape index (κ2) is 11.0. The molecular weight excluding hydrogens is 566 g/mol. The first-order chi connectivity index (χ1) is 20.2. The molecule has 0 bridgehead atoms. The first-order valence-corrected chi connectivity index (χ1v) is 13.9. The Kier molecular flexibility index (Phi) is 7.38. The Hall–Kier alpha value is -3.99. The van der Waals surface area contributed by atoms with Crippen molar-refractivity contribution in [1.29, 1.82) is 0 Å². The van der Waals surface area contributed by atoms with E-state index >= 15 is 8.78 Å². The summed E-state index contributed by atoms with van der Waals surface area (Å²) in [6.07, 6.45) is 2.72. The molecule has 0 unspecified atom stereocenters. The molecule has 0 spiro atoms. The van der Waals surface area contributed by atoms with E-state index in [0.29, 0.717) is 42.1 Å². The maximum absolute atomic E-state index is 16.6. The van der Waals surface area contributed by atoms with Crippen LogP contribution in [0.15, 0.2) is 48.7 Å². The number of nitrogens with zero attached hydrogens (tertiary/aromatic N) is 2. The van der Waals surface area contributed by atoms with Gasteiger partial charge < -0.3 is 25.3 Å². The lowest BCUT2D eigenvalue weighted by atomic mass is 9.84. The molecule has 1 aromatic heterocycles. The van der Waals surface area contributed by atoms with Crippen molar-refractivity contribution in [2.24, 2.45) is 12.8 Å². The summed E-state index contributed by atoms with van der Waals surface area (Å²) in [7, 11) is 3.38. The summed E-state index contributed by atoms with van der Waals surface area (Å²) in [4.78, 5) is 12.8. The van der Waals surface area contributed by atoms with Crippen LogP contribution >= 0.6 is 11.6 Å². The van der Waals surface area contributed by atoms with Gasteiger partial charge in [0, 0.05) is 73.8 Å².